The van der Waals surface area contributed by atoms with E-state index in [0.717, 1.165) is 34.9 Å². The van der Waals surface area contributed by atoms with Gasteiger partial charge < -0.3 is 5.32 Å². The van der Waals surface area contributed by atoms with E-state index in [1.54, 1.807) is 17.0 Å². The number of aryl methyl sites for hydroxylation is 1. The van der Waals surface area contributed by atoms with Crippen molar-refractivity contribution in [2.45, 2.75) is 30.8 Å². The second-order valence-electron chi connectivity index (χ2n) is 6.65. The van der Waals surface area contributed by atoms with E-state index in [0.29, 0.717) is 18.2 Å². The lowest BCUT2D eigenvalue weighted by molar-refractivity contribution is 0.255. The van der Waals surface area contributed by atoms with Crippen molar-refractivity contribution in [2.75, 3.05) is 16.8 Å². The molecule has 28 heavy (non-hydrogen) atoms. The summed E-state index contributed by atoms with van der Waals surface area (Å²) in [5.41, 5.74) is 2.89. The molecule has 0 bridgehead atoms. The Kier molecular flexibility index (Phi) is 5.29. The average molecular weight is 397 g/mol. The van der Waals surface area contributed by atoms with Gasteiger partial charge in [0.15, 0.2) is 5.16 Å². The van der Waals surface area contributed by atoms with Crippen LogP contribution in [0.2, 0.25) is 0 Å². The van der Waals surface area contributed by atoms with Crippen molar-refractivity contribution >= 4 is 29.4 Å². The molecule has 2 aromatic carbocycles. The Bertz CT molecular complexity index is 971. The number of benzene rings is 2. The number of hydrogen-bond donors (Lipinski definition) is 1. The van der Waals surface area contributed by atoms with Gasteiger partial charge in [-0.3, -0.25) is 9.47 Å². The predicted molar refractivity (Wildman–Crippen MR) is 108 cm³/mol. The average Bonchev–Trinajstić information content (AvgIpc) is 3.12. The van der Waals surface area contributed by atoms with Crippen LogP contribution in [-0.2, 0) is 12.3 Å². The van der Waals surface area contributed by atoms with Crippen molar-refractivity contribution in [3.63, 3.8) is 0 Å². The lowest BCUT2D eigenvalue weighted by atomic mass is 10.2. The van der Waals surface area contributed by atoms with Crippen LogP contribution in [0.1, 0.15) is 17.5 Å². The molecule has 0 saturated heterocycles. The van der Waals surface area contributed by atoms with E-state index in [2.05, 4.69) is 15.5 Å². The van der Waals surface area contributed by atoms with Crippen molar-refractivity contribution in [1.82, 2.24) is 14.8 Å². The highest BCUT2D eigenvalue weighted by molar-refractivity contribution is 7.98. The molecule has 3 aromatic rings. The van der Waals surface area contributed by atoms with Gasteiger partial charge in [0.2, 0.25) is 5.95 Å². The minimum absolute atomic E-state index is 0.215. The summed E-state index contributed by atoms with van der Waals surface area (Å²) in [5, 5.41) is 12.2. The maximum Gasteiger partial charge on any atom is 0.328 e. The summed E-state index contributed by atoms with van der Waals surface area (Å²) < 4.78 is 15.0. The van der Waals surface area contributed by atoms with E-state index in [1.807, 2.05) is 35.8 Å². The first kappa shape index (κ1) is 18.5. The first-order valence-electron chi connectivity index (χ1n) is 9.06. The van der Waals surface area contributed by atoms with E-state index in [1.165, 1.54) is 23.9 Å². The Morgan fingerprint density at radius 3 is 2.61 bits per heavy atom. The Morgan fingerprint density at radius 2 is 1.86 bits per heavy atom. The van der Waals surface area contributed by atoms with Gasteiger partial charge in [0.25, 0.3) is 0 Å². The molecule has 4 rings (SSSR count). The second kappa shape index (κ2) is 8.02. The molecule has 6 nitrogen and oxygen atoms in total. The normalized spacial score (nSPS) is 13.3. The van der Waals surface area contributed by atoms with E-state index in [9.17, 15) is 9.18 Å². The fraction of sp³-hybridized carbons (Fsp3) is 0.250. The van der Waals surface area contributed by atoms with Gasteiger partial charge in [0, 0.05) is 24.5 Å². The third-order valence-electron chi connectivity index (χ3n) is 4.53. The highest BCUT2D eigenvalue weighted by Crippen LogP contribution is 2.28. The number of fused-ring (bicyclic) bond motifs is 1. The summed E-state index contributed by atoms with van der Waals surface area (Å²) in [6.45, 7) is 3.37. The number of carbonyl (C=O) groups excluding carboxylic acids is 1. The smallest absolute Gasteiger partial charge is 0.307 e. The number of nitrogens with one attached hydrogen (secondary N) is 1. The minimum atomic E-state index is -0.246. The number of aromatic nitrogens is 3. The summed E-state index contributed by atoms with van der Waals surface area (Å²) in [4.78, 5) is 14.4. The van der Waals surface area contributed by atoms with Crippen LogP contribution in [0.4, 0.5) is 20.8 Å². The fourth-order valence-corrected chi connectivity index (χ4v) is 3.93. The lowest BCUT2D eigenvalue weighted by Gasteiger charge is -2.27. The zero-order valence-electron chi connectivity index (χ0n) is 15.4. The molecule has 1 aromatic heterocycles. The molecule has 0 aliphatic carbocycles. The lowest BCUT2D eigenvalue weighted by Crippen LogP contribution is -2.40. The first-order valence-corrected chi connectivity index (χ1v) is 10.0. The zero-order chi connectivity index (χ0) is 19.5. The maximum absolute atomic E-state index is 13.0. The van der Waals surface area contributed by atoms with Gasteiger partial charge in [-0.25, -0.2) is 9.18 Å². The standard InChI is InChI=1S/C20H20FN5OS/c1-14-3-9-17(10-4-14)22-19(27)25-11-2-12-26-18(25)23-24-20(26)28-13-15-5-7-16(21)8-6-15/h3-10H,2,11-13H2,1H3,(H,22,27). The molecular formula is C20H20FN5OS. The fourth-order valence-electron chi connectivity index (χ4n) is 3.02. The molecule has 1 aliphatic rings. The number of nitrogens with zero attached hydrogens (tertiary/aromatic N) is 4. The van der Waals surface area contributed by atoms with Crippen LogP contribution in [0, 0.1) is 12.7 Å². The molecule has 2 amide bonds. The van der Waals surface area contributed by atoms with Gasteiger partial charge in [-0.1, -0.05) is 41.6 Å². The Hall–Kier alpha value is -2.87. The summed E-state index contributed by atoms with van der Waals surface area (Å²) in [6, 6.07) is 13.9. The number of amides is 2. The molecule has 1 aliphatic heterocycles. The molecular weight excluding hydrogens is 377 g/mol. The molecule has 0 atom stereocenters. The van der Waals surface area contributed by atoms with Crippen LogP contribution in [0.15, 0.2) is 53.7 Å². The summed E-state index contributed by atoms with van der Waals surface area (Å²) in [7, 11) is 0. The number of anilines is 2. The number of rotatable bonds is 4. The van der Waals surface area contributed by atoms with Crippen molar-refractivity contribution < 1.29 is 9.18 Å². The van der Waals surface area contributed by atoms with Crippen LogP contribution in [0.25, 0.3) is 0 Å². The van der Waals surface area contributed by atoms with E-state index in [-0.39, 0.29) is 11.8 Å². The van der Waals surface area contributed by atoms with Gasteiger partial charge in [-0.05, 0) is 43.2 Å². The number of hydrogen-bond acceptors (Lipinski definition) is 4. The maximum atomic E-state index is 13.0. The molecule has 0 saturated carbocycles. The molecule has 8 heteroatoms. The molecule has 0 radical (unpaired) electrons. The van der Waals surface area contributed by atoms with E-state index in [4.69, 9.17) is 0 Å². The largest absolute Gasteiger partial charge is 0.328 e. The van der Waals surface area contributed by atoms with Gasteiger partial charge in [0.05, 0.1) is 0 Å². The molecule has 0 spiro atoms. The Balaban J connectivity index is 1.46. The third kappa shape index (κ3) is 4.01. The molecule has 0 fully saturated rings. The summed E-state index contributed by atoms with van der Waals surface area (Å²) in [6.07, 6.45) is 0.830. The van der Waals surface area contributed by atoms with Crippen molar-refractivity contribution in [3.05, 3.63) is 65.5 Å². The molecule has 2 heterocycles. The van der Waals surface area contributed by atoms with Gasteiger partial charge in [-0.15, -0.1) is 10.2 Å². The zero-order valence-corrected chi connectivity index (χ0v) is 16.2. The number of urea groups is 1. The van der Waals surface area contributed by atoms with Crippen LogP contribution < -0.4 is 10.2 Å². The first-order chi connectivity index (χ1) is 13.6. The summed E-state index contributed by atoms with van der Waals surface area (Å²) >= 11 is 1.53. The Labute approximate surface area is 166 Å². The van der Waals surface area contributed by atoms with Gasteiger partial charge >= 0.3 is 6.03 Å². The van der Waals surface area contributed by atoms with Crippen LogP contribution in [-0.4, -0.2) is 27.3 Å². The predicted octanol–water partition coefficient (Wildman–Crippen LogP) is 4.46. The van der Waals surface area contributed by atoms with Gasteiger partial charge in [0.1, 0.15) is 5.82 Å². The van der Waals surface area contributed by atoms with Crippen molar-refractivity contribution in [1.29, 1.82) is 0 Å². The van der Waals surface area contributed by atoms with Crippen molar-refractivity contribution in [3.8, 4) is 0 Å². The highest BCUT2D eigenvalue weighted by Gasteiger charge is 2.27. The summed E-state index contributed by atoms with van der Waals surface area (Å²) in [5.74, 6) is 0.967. The third-order valence-corrected chi connectivity index (χ3v) is 5.57. The van der Waals surface area contributed by atoms with Crippen LogP contribution in [0.5, 0.6) is 0 Å². The molecule has 0 unspecified atom stereocenters. The number of carbonyl (C=O) groups is 1. The number of thioether (sulfide) groups is 1. The van der Waals surface area contributed by atoms with Crippen LogP contribution >= 0.6 is 11.8 Å². The molecule has 144 valence electrons. The number of halogens is 1. The van der Waals surface area contributed by atoms with Crippen molar-refractivity contribution in [2.24, 2.45) is 0 Å². The molecule has 1 N–H and O–H groups in total. The minimum Gasteiger partial charge on any atom is -0.307 e. The second-order valence-corrected chi connectivity index (χ2v) is 7.59. The SMILES string of the molecule is Cc1ccc(NC(=O)N2CCCn3c(SCc4ccc(F)cc4)nnc32)cc1. The van der Waals surface area contributed by atoms with Gasteiger partial charge in [-0.2, -0.15) is 0 Å². The monoisotopic (exact) mass is 397 g/mol. The highest BCUT2D eigenvalue weighted by atomic mass is 32.2. The quantitative estimate of drug-likeness (QED) is 0.660. The van der Waals surface area contributed by atoms with Crippen LogP contribution in [0.3, 0.4) is 0 Å². The Morgan fingerprint density at radius 1 is 1.11 bits per heavy atom. The topological polar surface area (TPSA) is 63.1 Å². The van der Waals surface area contributed by atoms with E-state index >= 15 is 0 Å². The van der Waals surface area contributed by atoms with E-state index < -0.39 is 0 Å².